The topological polar surface area (TPSA) is 34.2 Å². The standard InChI is InChI=1S/C32H33N3O/c1-2-3-21-35-29(23-33-32(35)27-13-5-4-6-14-27)25-34(20-10-17-30-18-11-22-36-30)24-28-16-9-15-26-12-7-8-19-31(26)28/h4-19,22-23H,2-3,20-21,24-25H2,1H3. The van der Waals surface area contributed by atoms with Crippen LogP contribution in [0.4, 0.5) is 0 Å². The van der Waals surface area contributed by atoms with E-state index in [1.807, 2.05) is 12.1 Å². The molecule has 0 aliphatic carbocycles. The van der Waals surface area contributed by atoms with E-state index in [0.29, 0.717) is 0 Å². The zero-order valence-corrected chi connectivity index (χ0v) is 20.9. The van der Waals surface area contributed by atoms with Crippen LogP contribution in [0.1, 0.15) is 36.8 Å². The fraction of sp³-hybridized carbons (Fsp3) is 0.219. The molecule has 0 unspecified atom stereocenters. The highest BCUT2D eigenvalue weighted by atomic mass is 16.3. The van der Waals surface area contributed by atoms with Gasteiger partial charge in [0.05, 0.1) is 18.2 Å². The number of hydrogen-bond donors (Lipinski definition) is 0. The summed E-state index contributed by atoms with van der Waals surface area (Å²) in [6.45, 7) is 5.69. The Labute approximate surface area is 213 Å². The predicted octanol–water partition coefficient (Wildman–Crippen LogP) is 7.81. The number of hydrogen-bond acceptors (Lipinski definition) is 3. The highest BCUT2D eigenvalue weighted by Crippen LogP contribution is 2.24. The van der Waals surface area contributed by atoms with Gasteiger partial charge in [-0.1, -0.05) is 92.2 Å². The van der Waals surface area contributed by atoms with Crippen LogP contribution in [-0.2, 0) is 19.6 Å². The maximum absolute atomic E-state index is 5.51. The summed E-state index contributed by atoms with van der Waals surface area (Å²) in [5.74, 6) is 1.93. The molecule has 5 aromatic rings. The van der Waals surface area contributed by atoms with Crippen LogP contribution < -0.4 is 0 Å². The molecular formula is C32H33N3O. The number of imidazole rings is 1. The molecule has 0 spiro atoms. The molecule has 182 valence electrons. The lowest BCUT2D eigenvalue weighted by Crippen LogP contribution is -2.25. The average molecular weight is 476 g/mol. The quantitative estimate of drug-likeness (QED) is 0.195. The Morgan fingerprint density at radius 3 is 2.56 bits per heavy atom. The van der Waals surface area contributed by atoms with Gasteiger partial charge in [-0.05, 0) is 41.0 Å². The first-order chi connectivity index (χ1) is 17.8. The molecule has 0 fully saturated rings. The molecule has 5 rings (SSSR count). The summed E-state index contributed by atoms with van der Waals surface area (Å²) in [7, 11) is 0. The molecule has 36 heavy (non-hydrogen) atoms. The van der Waals surface area contributed by atoms with Crippen LogP contribution in [0.2, 0.25) is 0 Å². The second kappa shape index (κ2) is 11.7. The van der Waals surface area contributed by atoms with E-state index in [9.17, 15) is 0 Å². The maximum Gasteiger partial charge on any atom is 0.140 e. The van der Waals surface area contributed by atoms with Crippen molar-refractivity contribution in [3.63, 3.8) is 0 Å². The van der Waals surface area contributed by atoms with Gasteiger partial charge in [0.2, 0.25) is 0 Å². The van der Waals surface area contributed by atoms with Gasteiger partial charge in [0.25, 0.3) is 0 Å². The van der Waals surface area contributed by atoms with Crippen LogP contribution in [0.5, 0.6) is 0 Å². The monoisotopic (exact) mass is 475 g/mol. The lowest BCUT2D eigenvalue weighted by atomic mass is 10.0. The molecule has 0 amide bonds. The summed E-state index contributed by atoms with van der Waals surface area (Å²) < 4.78 is 7.91. The first-order valence-corrected chi connectivity index (χ1v) is 12.8. The van der Waals surface area contributed by atoms with Crippen molar-refractivity contribution >= 4 is 16.8 Å². The second-order valence-electron chi connectivity index (χ2n) is 9.17. The minimum atomic E-state index is 0.809. The molecule has 0 aliphatic heterocycles. The van der Waals surface area contributed by atoms with Gasteiger partial charge in [0.1, 0.15) is 11.6 Å². The van der Waals surface area contributed by atoms with Gasteiger partial charge in [0.15, 0.2) is 0 Å². The van der Waals surface area contributed by atoms with Crippen molar-refractivity contribution in [3.05, 3.63) is 120 Å². The van der Waals surface area contributed by atoms with Crippen LogP contribution >= 0.6 is 0 Å². The predicted molar refractivity (Wildman–Crippen MR) is 148 cm³/mol. The number of aromatic nitrogens is 2. The van der Waals surface area contributed by atoms with Gasteiger partial charge in [-0.15, -0.1) is 0 Å². The summed E-state index contributed by atoms with van der Waals surface area (Å²) in [5, 5.41) is 2.59. The van der Waals surface area contributed by atoms with Gasteiger partial charge in [0, 0.05) is 31.7 Å². The van der Waals surface area contributed by atoms with E-state index in [4.69, 9.17) is 9.40 Å². The summed E-state index contributed by atoms with van der Waals surface area (Å²) in [6, 6.07) is 29.7. The lowest BCUT2D eigenvalue weighted by molar-refractivity contribution is 0.279. The minimum Gasteiger partial charge on any atom is -0.465 e. The van der Waals surface area contributed by atoms with Crippen molar-refractivity contribution in [3.8, 4) is 11.4 Å². The van der Waals surface area contributed by atoms with Gasteiger partial charge in [-0.25, -0.2) is 4.98 Å². The Morgan fingerprint density at radius 2 is 1.72 bits per heavy atom. The zero-order chi connectivity index (χ0) is 24.6. The van der Waals surface area contributed by atoms with Crippen molar-refractivity contribution < 1.29 is 4.42 Å². The fourth-order valence-electron chi connectivity index (χ4n) is 4.71. The van der Waals surface area contributed by atoms with Crippen LogP contribution in [0.15, 0.2) is 108 Å². The van der Waals surface area contributed by atoms with Crippen molar-refractivity contribution in [2.75, 3.05) is 6.54 Å². The Bertz CT molecular complexity index is 1390. The van der Waals surface area contributed by atoms with E-state index in [1.54, 1.807) is 6.26 Å². The molecule has 0 bridgehead atoms. The van der Waals surface area contributed by atoms with Crippen LogP contribution in [0, 0.1) is 0 Å². The molecule has 4 nitrogen and oxygen atoms in total. The summed E-state index contributed by atoms with van der Waals surface area (Å²) in [4.78, 5) is 7.36. The highest BCUT2D eigenvalue weighted by Gasteiger charge is 2.15. The van der Waals surface area contributed by atoms with Crippen LogP contribution in [0.25, 0.3) is 28.2 Å². The SMILES string of the molecule is CCCCn1c(CN(CC=Cc2ccco2)Cc2cccc3ccccc23)cnc1-c1ccccc1. The molecule has 3 aromatic carbocycles. The number of unbranched alkanes of at least 4 members (excludes halogenated alkanes) is 1. The lowest BCUT2D eigenvalue weighted by Gasteiger charge is -2.23. The summed E-state index contributed by atoms with van der Waals surface area (Å²) >= 11 is 0. The Kier molecular flexibility index (Phi) is 7.74. The molecular weight excluding hydrogens is 442 g/mol. The molecule has 0 saturated heterocycles. The molecule has 2 heterocycles. The largest absolute Gasteiger partial charge is 0.465 e. The number of rotatable bonds is 11. The number of furan rings is 1. The Hall–Kier alpha value is -3.89. The van der Waals surface area contributed by atoms with Crippen LogP contribution in [-0.4, -0.2) is 21.0 Å². The van der Waals surface area contributed by atoms with E-state index in [2.05, 4.69) is 108 Å². The molecule has 0 aliphatic rings. The fourth-order valence-corrected chi connectivity index (χ4v) is 4.71. The normalized spacial score (nSPS) is 11.7. The Morgan fingerprint density at radius 1 is 0.889 bits per heavy atom. The van der Waals surface area contributed by atoms with E-state index in [0.717, 1.165) is 56.2 Å². The van der Waals surface area contributed by atoms with Crippen molar-refractivity contribution in [2.45, 2.75) is 39.4 Å². The molecule has 0 N–H and O–H groups in total. The van der Waals surface area contributed by atoms with Crippen molar-refractivity contribution in [1.29, 1.82) is 0 Å². The van der Waals surface area contributed by atoms with E-state index in [1.165, 1.54) is 22.0 Å². The third-order valence-corrected chi connectivity index (χ3v) is 6.55. The van der Waals surface area contributed by atoms with Gasteiger partial charge in [-0.2, -0.15) is 0 Å². The molecule has 0 saturated carbocycles. The molecule has 0 atom stereocenters. The molecule has 0 radical (unpaired) electrons. The van der Waals surface area contributed by atoms with E-state index in [-0.39, 0.29) is 0 Å². The first-order valence-electron chi connectivity index (χ1n) is 12.8. The smallest absolute Gasteiger partial charge is 0.140 e. The average Bonchev–Trinajstić information content (AvgIpc) is 3.58. The minimum absolute atomic E-state index is 0.809. The highest BCUT2D eigenvalue weighted by molar-refractivity contribution is 5.85. The van der Waals surface area contributed by atoms with Gasteiger partial charge >= 0.3 is 0 Å². The van der Waals surface area contributed by atoms with E-state index >= 15 is 0 Å². The molecule has 2 aromatic heterocycles. The maximum atomic E-state index is 5.51. The van der Waals surface area contributed by atoms with Crippen LogP contribution in [0.3, 0.4) is 0 Å². The third-order valence-electron chi connectivity index (χ3n) is 6.55. The summed E-state index contributed by atoms with van der Waals surface area (Å²) in [6.07, 6.45) is 10.3. The van der Waals surface area contributed by atoms with Gasteiger partial charge < -0.3 is 8.98 Å². The number of fused-ring (bicyclic) bond motifs is 1. The number of benzene rings is 3. The molecule has 4 heteroatoms. The van der Waals surface area contributed by atoms with Crippen molar-refractivity contribution in [1.82, 2.24) is 14.5 Å². The van der Waals surface area contributed by atoms with Crippen molar-refractivity contribution in [2.24, 2.45) is 0 Å². The van der Waals surface area contributed by atoms with E-state index < -0.39 is 0 Å². The first kappa shape index (κ1) is 23.8. The van der Waals surface area contributed by atoms with Gasteiger partial charge in [-0.3, -0.25) is 4.90 Å². The third kappa shape index (κ3) is 5.67. The Balaban J connectivity index is 1.45. The summed E-state index contributed by atoms with van der Waals surface area (Å²) in [5.41, 5.74) is 3.74. The zero-order valence-electron chi connectivity index (χ0n) is 20.9. The second-order valence-corrected chi connectivity index (χ2v) is 9.17. The number of nitrogens with zero attached hydrogens (tertiary/aromatic N) is 3.